The number of hydrogen-bond acceptors (Lipinski definition) is 2. The van der Waals surface area contributed by atoms with Crippen molar-refractivity contribution in [1.82, 2.24) is 0 Å². The van der Waals surface area contributed by atoms with E-state index in [1.165, 1.54) is 16.3 Å². The van der Waals surface area contributed by atoms with Gasteiger partial charge in [-0.3, -0.25) is 0 Å². The summed E-state index contributed by atoms with van der Waals surface area (Å²) in [6.45, 7) is 0.754. The highest BCUT2D eigenvalue weighted by Gasteiger charge is 1.99. The van der Waals surface area contributed by atoms with Crippen molar-refractivity contribution in [2.45, 2.75) is 12.5 Å². The summed E-state index contributed by atoms with van der Waals surface area (Å²) in [6.07, 6.45) is 1.11. The van der Waals surface area contributed by atoms with E-state index in [4.69, 9.17) is 4.74 Å². The summed E-state index contributed by atoms with van der Waals surface area (Å²) in [5.74, 6) is 1.05. The highest BCUT2D eigenvalue weighted by Crippen LogP contribution is 2.24. The van der Waals surface area contributed by atoms with Gasteiger partial charge in [0.1, 0.15) is 11.5 Å². The van der Waals surface area contributed by atoms with Gasteiger partial charge in [0.25, 0.3) is 0 Å². The summed E-state index contributed by atoms with van der Waals surface area (Å²) in [4.78, 5) is 0. The van der Waals surface area contributed by atoms with Crippen molar-refractivity contribution < 1.29 is 9.84 Å². The molecule has 13 heavy (non-hydrogen) atoms. The van der Waals surface area contributed by atoms with Crippen LogP contribution in [0.4, 0.5) is 0 Å². The Morgan fingerprint density at radius 1 is 1.46 bits per heavy atom. The van der Waals surface area contributed by atoms with Crippen LogP contribution in [0.25, 0.3) is 0 Å². The lowest BCUT2D eigenvalue weighted by atomic mass is 10.3. The molecule has 0 aliphatic heterocycles. The van der Waals surface area contributed by atoms with Crippen LogP contribution in [-0.2, 0) is 0 Å². The van der Waals surface area contributed by atoms with E-state index in [2.05, 4.69) is 22.6 Å². The van der Waals surface area contributed by atoms with Crippen LogP contribution < -0.4 is 4.74 Å². The van der Waals surface area contributed by atoms with Gasteiger partial charge in [-0.15, -0.1) is 0 Å². The maximum absolute atomic E-state index is 9.38. The predicted octanol–water partition coefficient (Wildman–Crippen LogP) is 1.55. The van der Waals surface area contributed by atoms with Crippen molar-refractivity contribution in [3.05, 3.63) is 21.8 Å². The smallest absolute Gasteiger partial charge is 0.132 e. The quantitative estimate of drug-likeness (QED) is 0.519. The third-order valence-corrected chi connectivity index (χ3v) is 3.30. The van der Waals surface area contributed by atoms with Crippen molar-refractivity contribution in [2.24, 2.45) is 0 Å². The summed E-state index contributed by atoms with van der Waals surface area (Å²) in [5, 5.41) is 9.38. The Labute approximate surface area is 94.9 Å². The fourth-order valence-electron chi connectivity index (χ4n) is 0.917. The summed E-state index contributed by atoms with van der Waals surface area (Å²) in [5.41, 5.74) is 0. The van der Waals surface area contributed by atoms with Gasteiger partial charge in [-0.05, 0) is 41.1 Å². The molecule has 1 rings (SSSR count). The second kappa shape index (κ2) is 5.49. The van der Waals surface area contributed by atoms with Crippen LogP contribution in [0, 0.1) is 3.57 Å². The Balaban J connectivity index is 2.53. The van der Waals surface area contributed by atoms with E-state index in [-0.39, 0.29) is 0 Å². The fourth-order valence-corrected chi connectivity index (χ4v) is 1.54. The zero-order valence-electron chi connectivity index (χ0n) is 7.59. The molecule has 1 N–H and O–H groups in total. The maximum Gasteiger partial charge on any atom is 0.132 e. The number of hydrogen-bond donors (Lipinski definition) is 1. The normalized spacial score (nSPS) is 10.2. The second-order valence-corrected chi connectivity index (χ2v) is 4.98. The molecule has 0 fully saturated rings. The maximum atomic E-state index is 9.38. The molecule has 1 aromatic carbocycles. The number of phenols is 1. The Hall–Kier alpha value is -0.233. The summed E-state index contributed by atoms with van der Waals surface area (Å²) in [6, 6.07) is 6.66. The van der Waals surface area contributed by atoms with Gasteiger partial charge in [0.2, 0.25) is 0 Å². The van der Waals surface area contributed by atoms with E-state index in [1.54, 1.807) is 6.07 Å². The highest BCUT2D eigenvalue weighted by molar-refractivity contribution is 14.1. The molecular weight excluding hydrogens is 295 g/mol. The minimum Gasteiger partial charge on any atom is -0.507 e. The first-order valence-electron chi connectivity index (χ1n) is 4.35. The monoisotopic (exact) mass is 308 g/mol. The third kappa shape index (κ3) is 3.56. The first-order valence-corrected chi connectivity index (χ1v) is 6.84. The zero-order chi connectivity index (χ0) is 9.68. The van der Waals surface area contributed by atoms with E-state index >= 15 is 0 Å². The van der Waals surface area contributed by atoms with Gasteiger partial charge >= 0.3 is 0 Å². The first kappa shape index (κ1) is 10.8. The topological polar surface area (TPSA) is 29.5 Å². The number of benzene rings is 1. The average Bonchev–Trinajstić information content (AvgIpc) is 2.12. The van der Waals surface area contributed by atoms with E-state index in [0.717, 1.165) is 22.3 Å². The van der Waals surface area contributed by atoms with Crippen molar-refractivity contribution in [3.63, 3.8) is 0 Å². The lowest BCUT2D eigenvalue weighted by molar-refractivity contribution is 0.315. The largest absolute Gasteiger partial charge is 0.507 e. The molecule has 2 nitrogen and oxygen atoms in total. The second-order valence-electron chi connectivity index (χ2n) is 2.82. The van der Waals surface area contributed by atoms with E-state index in [1.807, 2.05) is 12.1 Å². The van der Waals surface area contributed by atoms with Crippen molar-refractivity contribution in [3.8, 4) is 11.5 Å². The van der Waals surface area contributed by atoms with Crippen molar-refractivity contribution in [1.29, 1.82) is 0 Å². The lowest BCUT2D eigenvalue weighted by Crippen LogP contribution is -1.96. The van der Waals surface area contributed by atoms with Gasteiger partial charge in [-0.25, -0.2) is 0 Å². The molecule has 0 aromatic heterocycles. The van der Waals surface area contributed by atoms with Gasteiger partial charge in [-0.1, -0.05) is 6.04 Å². The molecule has 0 saturated heterocycles. The lowest BCUT2D eigenvalue weighted by Gasteiger charge is -2.05. The predicted molar refractivity (Wildman–Crippen MR) is 65.7 cm³/mol. The number of ether oxygens (including phenoxy) is 1. The molecular formula is C9H13IO2Si. The number of phenolic OH excluding ortho intramolecular Hbond substituents is 1. The Morgan fingerprint density at radius 2 is 2.23 bits per heavy atom. The Kier molecular flexibility index (Phi) is 4.58. The van der Waals surface area contributed by atoms with Crippen LogP contribution in [-0.4, -0.2) is 22.0 Å². The summed E-state index contributed by atoms with van der Waals surface area (Å²) < 4.78 is 6.30. The van der Waals surface area contributed by atoms with Gasteiger partial charge in [0, 0.05) is 16.3 Å². The van der Waals surface area contributed by atoms with Crippen LogP contribution in [0.2, 0.25) is 6.04 Å². The molecule has 0 heterocycles. The van der Waals surface area contributed by atoms with Gasteiger partial charge < -0.3 is 9.84 Å². The molecule has 0 bridgehead atoms. The van der Waals surface area contributed by atoms with E-state index in [9.17, 15) is 5.11 Å². The number of rotatable bonds is 4. The molecule has 0 atom stereocenters. The summed E-state index contributed by atoms with van der Waals surface area (Å²) in [7, 11) is 1.23. The van der Waals surface area contributed by atoms with Crippen LogP contribution in [0.15, 0.2) is 18.2 Å². The average molecular weight is 308 g/mol. The highest BCUT2D eigenvalue weighted by atomic mass is 127. The van der Waals surface area contributed by atoms with Crippen LogP contribution in [0.5, 0.6) is 11.5 Å². The van der Waals surface area contributed by atoms with Gasteiger partial charge in [0.05, 0.1) is 10.2 Å². The Bertz CT molecular complexity index is 278. The zero-order valence-corrected chi connectivity index (χ0v) is 11.7. The van der Waals surface area contributed by atoms with Gasteiger partial charge in [-0.2, -0.15) is 0 Å². The molecule has 0 saturated carbocycles. The minimum atomic E-state index is 0.295. The van der Waals surface area contributed by atoms with Gasteiger partial charge in [0.15, 0.2) is 0 Å². The Morgan fingerprint density at radius 3 is 2.85 bits per heavy atom. The van der Waals surface area contributed by atoms with Crippen molar-refractivity contribution in [2.75, 3.05) is 6.61 Å². The van der Waals surface area contributed by atoms with Crippen LogP contribution >= 0.6 is 22.6 Å². The minimum absolute atomic E-state index is 0.295. The number of aromatic hydroxyl groups is 1. The standard InChI is InChI=1S/C9H13IO2Si/c10-8-3-2-7(6-9(8)11)12-4-1-5-13/h2-3,6,11H,1,4-5H2,13H3. The fraction of sp³-hybridized carbons (Fsp3) is 0.333. The molecule has 0 amide bonds. The van der Waals surface area contributed by atoms with Crippen LogP contribution in [0.3, 0.4) is 0 Å². The van der Waals surface area contributed by atoms with Crippen molar-refractivity contribution >= 4 is 32.8 Å². The third-order valence-electron chi connectivity index (χ3n) is 1.68. The molecule has 4 heteroatoms. The summed E-state index contributed by atoms with van der Waals surface area (Å²) >= 11 is 2.09. The van der Waals surface area contributed by atoms with E-state index in [0.29, 0.717) is 5.75 Å². The molecule has 1 aromatic rings. The molecule has 72 valence electrons. The molecule has 0 spiro atoms. The first-order chi connectivity index (χ1) is 6.24. The number of halogens is 1. The molecule has 0 aliphatic rings. The van der Waals surface area contributed by atoms with E-state index < -0.39 is 0 Å². The molecule has 0 aliphatic carbocycles. The molecule has 0 radical (unpaired) electrons. The SMILES string of the molecule is Oc1cc(OCCC[SiH3])ccc1I. The van der Waals surface area contributed by atoms with Crippen LogP contribution in [0.1, 0.15) is 6.42 Å². The molecule has 0 unspecified atom stereocenters.